The average Bonchev–Trinajstić information content (AvgIpc) is 2.91. The zero-order chi connectivity index (χ0) is 25.8. The Morgan fingerprint density at radius 2 is 1.50 bits per heavy atom. The summed E-state index contributed by atoms with van der Waals surface area (Å²) in [6, 6.07) is 14.3. The van der Waals surface area contributed by atoms with Crippen LogP contribution in [0.5, 0.6) is 11.5 Å². The molecule has 194 valence electrons. The molecule has 1 aliphatic carbocycles. The van der Waals surface area contributed by atoms with Crippen LogP contribution in [0.4, 0.5) is 0 Å². The lowest BCUT2D eigenvalue weighted by atomic mass is 9.87. The Bertz CT molecular complexity index is 978. The van der Waals surface area contributed by atoms with Gasteiger partial charge in [-0.25, -0.2) is 0 Å². The van der Waals surface area contributed by atoms with E-state index in [0.29, 0.717) is 43.7 Å². The fourth-order valence-electron chi connectivity index (χ4n) is 4.21. The van der Waals surface area contributed by atoms with Crippen LogP contribution in [0.15, 0.2) is 48.5 Å². The van der Waals surface area contributed by atoms with E-state index in [1.807, 2.05) is 26.0 Å². The van der Waals surface area contributed by atoms with Crippen molar-refractivity contribution in [2.75, 3.05) is 19.8 Å². The summed E-state index contributed by atoms with van der Waals surface area (Å²) >= 11 is 0. The third kappa shape index (κ3) is 8.40. The minimum Gasteiger partial charge on any atom is -0.494 e. The van der Waals surface area contributed by atoms with Gasteiger partial charge in [-0.15, -0.1) is 0 Å². The standard InChI is InChI=1S/C29H37NO6/c1-3-20-35-24-13-9-22(10-14-24)28(32)30-19-5-6-27(31)21-7-15-25(16-8-21)36-26-17-11-23(12-18-26)29(33)34-4-2/h7-10,13-16,23,26H,3-6,11-12,17-20H2,1-2H3,(H,30,32). The number of ether oxygens (including phenoxy) is 3. The van der Waals surface area contributed by atoms with Gasteiger partial charge in [-0.1, -0.05) is 6.92 Å². The van der Waals surface area contributed by atoms with Crippen molar-refractivity contribution in [2.45, 2.75) is 64.9 Å². The molecule has 1 fully saturated rings. The van der Waals surface area contributed by atoms with Crippen LogP contribution in [0.25, 0.3) is 0 Å². The molecule has 1 saturated carbocycles. The first-order valence-corrected chi connectivity index (χ1v) is 13.0. The summed E-state index contributed by atoms with van der Waals surface area (Å²) in [7, 11) is 0. The van der Waals surface area contributed by atoms with Gasteiger partial charge in [-0.2, -0.15) is 0 Å². The molecule has 0 aliphatic heterocycles. The van der Waals surface area contributed by atoms with Gasteiger partial charge in [0.15, 0.2) is 5.78 Å². The Balaban J connectivity index is 1.35. The summed E-state index contributed by atoms with van der Waals surface area (Å²) in [5.41, 5.74) is 1.19. The van der Waals surface area contributed by atoms with Gasteiger partial charge >= 0.3 is 5.97 Å². The van der Waals surface area contributed by atoms with Gasteiger partial charge in [0.25, 0.3) is 5.91 Å². The van der Waals surface area contributed by atoms with Crippen LogP contribution in [0.3, 0.4) is 0 Å². The zero-order valence-corrected chi connectivity index (χ0v) is 21.3. The third-order valence-corrected chi connectivity index (χ3v) is 6.23. The molecule has 2 aromatic rings. The number of Topliss-reactive ketones (excluding diaryl/α,β-unsaturated/α-hetero) is 1. The summed E-state index contributed by atoms with van der Waals surface area (Å²) in [6.45, 7) is 5.35. The third-order valence-electron chi connectivity index (χ3n) is 6.23. The first kappa shape index (κ1) is 27.2. The molecule has 0 aromatic heterocycles. The summed E-state index contributed by atoms with van der Waals surface area (Å²) < 4.78 is 16.7. The molecule has 1 amide bonds. The lowest BCUT2D eigenvalue weighted by Gasteiger charge is -2.27. The van der Waals surface area contributed by atoms with Crippen molar-refractivity contribution in [1.29, 1.82) is 0 Å². The monoisotopic (exact) mass is 495 g/mol. The summed E-state index contributed by atoms with van der Waals surface area (Å²) in [5.74, 6) is 1.21. The van der Waals surface area contributed by atoms with E-state index in [2.05, 4.69) is 5.32 Å². The molecule has 0 unspecified atom stereocenters. The maximum atomic E-state index is 12.5. The number of carbonyl (C=O) groups excluding carboxylic acids is 3. The second kappa shape index (κ2) is 14.3. The minimum atomic E-state index is -0.165. The van der Waals surface area contributed by atoms with Gasteiger partial charge in [0.2, 0.25) is 0 Å². The van der Waals surface area contributed by atoms with E-state index in [-0.39, 0.29) is 29.7 Å². The molecule has 0 saturated heterocycles. The molecule has 1 N–H and O–H groups in total. The molecule has 0 bridgehead atoms. The number of nitrogens with one attached hydrogen (secondary N) is 1. The molecular weight excluding hydrogens is 458 g/mol. The van der Waals surface area contributed by atoms with Crippen LogP contribution >= 0.6 is 0 Å². The first-order valence-electron chi connectivity index (χ1n) is 13.0. The highest BCUT2D eigenvalue weighted by atomic mass is 16.5. The molecule has 7 nitrogen and oxygen atoms in total. The fraction of sp³-hybridized carbons (Fsp3) is 0.483. The topological polar surface area (TPSA) is 90.9 Å². The molecule has 0 atom stereocenters. The van der Waals surface area contributed by atoms with Crippen molar-refractivity contribution in [3.8, 4) is 11.5 Å². The maximum Gasteiger partial charge on any atom is 0.308 e. The quantitative estimate of drug-likeness (QED) is 0.228. The molecular formula is C29H37NO6. The highest BCUT2D eigenvalue weighted by Gasteiger charge is 2.28. The van der Waals surface area contributed by atoms with Gasteiger partial charge in [0.1, 0.15) is 11.5 Å². The summed E-state index contributed by atoms with van der Waals surface area (Å²) in [6.07, 6.45) is 5.08. The predicted molar refractivity (Wildman–Crippen MR) is 138 cm³/mol. The predicted octanol–water partition coefficient (Wildman–Crippen LogP) is 5.37. The van der Waals surface area contributed by atoms with Gasteiger partial charge < -0.3 is 19.5 Å². The zero-order valence-electron chi connectivity index (χ0n) is 21.3. The molecule has 3 rings (SSSR count). The Hall–Kier alpha value is -3.35. The van der Waals surface area contributed by atoms with Crippen molar-refractivity contribution in [2.24, 2.45) is 5.92 Å². The van der Waals surface area contributed by atoms with Crippen molar-refractivity contribution in [1.82, 2.24) is 5.32 Å². The minimum absolute atomic E-state index is 0.0275. The highest BCUT2D eigenvalue weighted by molar-refractivity contribution is 5.96. The highest BCUT2D eigenvalue weighted by Crippen LogP contribution is 2.28. The second-order valence-corrected chi connectivity index (χ2v) is 9.02. The van der Waals surface area contributed by atoms with E-state index in [4.69, 9.17) is 14.2 Å². The van der Waals surface area contributed by atoms with E-state index < -0.39 is 0 Å². The number of ketones is 1. The van der Waals surface area contributed by atoms with Crippen molar-refractivity contribution in [3.63, 3.8) is 0 Å². The number of hydrogen-bond donors (Lipinski definition) is 1. The van der Waals surface area contributed by atoms with Crippen molar-refractivity contribution >= 4 is 17.7 Å². The van der Waals surface area contributed by atoms with E-state index >= 15 is 0 Å². The Morgan fingerprint density at radius 1 is 0.861 bits per heavy atom. The average molecular weight is 496 g/mol. The Labute approximate surface area is 213 Å². The van der Waals surface area contributed by atoms with Crippen LogP contribution in [-0.4, -0.2) is 43.5 Å². The smallest absolute Gasteiger partial charge is 0.308 e. The molecule has 0 heterocycles. The van der Waals surface area contributed by atoms with E-state index in [9.17, 15) is 14.4 Å². The molecule has 7 heteroatoms. The Morgan fingerprint density at radius 3 is 2.14 bits per heavy atom. The number of hydrogen-bond acceptors (Lipinski definition) is 6. The van der Waals surface area contributed by atoms with Crippen LogP contribution < -0.4 is 14.8 Å². The molecule has 0 radical (unpaired) electrons. The number of amides is 1. The van der Waals surface area contributed by atoms with Crippen LogP contribution in [0.1, 0.15) is 79.5 Å². The maximum absolute atomic E-state index is 12.5. The first-order chi connectivity index (χ1) is 17.5. The normalized spacial score (nSPS) is 17.2. The SMILES string of the molecule is CCCOc1ccc(C(=O)NCCCC(=O)c2ccc(OC3CCC(C(=O)OCC)CC3)cc2)cc1. The van der Waals surface area contributed by atoms with Crippen molar-refractivity contribution in [3.05, 3.63) is 59.7 Å². The summed E-state index contributed by atoms with van der Waals surface area (Å²) in [5, 5.41) is 2.86. The summed E-state index contributed by atoms with van der Waals surface area (Å²) in [4.78, 5) is 36.7. The lowest BCUT2D eigenvalue weighted by Crippen LogP contribution is -2.29. The van der Waals surface area contributed by atoms with Gasteiger partial charge in [-0.05, 0) is 94.0 Å². The van der Waals surface area contributed by atoms with Crippen LogP contribution in [-0.2, 0) is 9.53 Å². The van der Waals surface area contributed by atoms with E-state index in [1.54, 1.807) is 36.4 Å². The lowest BCUT2D eigenvalue weighted by molar-refractivity contribution is -0.149. The second-order valence-electron chi connectivity index (χ2n) is 9.02. The Kier molecular flexibility index (Phi) is 10.8. The fourth-order valence-corrected chi connectivity index (χ4v) is 4.21. The van der Waals surface area contributed by atoms with E-state index in [0.717, 1.165) is 43.6 Å². The van der Waals surface area contributed by atoms with Gasteiger partial charge in [-0.3, -0.25) is 14.4 Å². The van der Waals surface area contributed by atoms with Crippen LogP contribution in [0.2, 0.25) is 0 Å². The number of benzene rings is 2. The van der Waals surface area contributed by atoms with E-state index in [1.165, 1.54) is 0 Å². The number of carbonyl (C=O) groups is 3. The number of esters is 1. The number of rotatable bonds is 13. The van der Waals surface area contributed by atoms with Gasteiger partial charge in [0, 0.05) is 24.1 Å². The van der Waals surface area contributed by atoms with Gasteiger partial charge in [0.05, 0.1) is 25.2 Å². The largest absolute Gasteiger partial charge is 0.494 e. The molecule has 0 spiro atoms. The molecule has 2 aromatic carbocycles. The van der Waals surface area contributed by atoms with Crippen molar-refractivity contribution < 1.29 is 28.6 Å². The molecule has 1 aliphatic rings. The van der Waals surface area contributed by atoms with Crippen LogP contribution in [0, 0.1) is 5.92 Å². The molecule has 36 heavy (non-hydrogen) atoms.